The van der Waals surface area contributed by atoms with E-state index in [1.165, 1.54) is 0 Å². The highest BCUT2D eigenvalue weighted by Crippen LogP contribution is 2.23. The van der Waals surface area contributed by atoms with E-state index in [2.05, 4.69) is 10.3 Å². The Morgan fingerprint density at radius 1 is 1.46 bits per heavy atom. The van der Waals surface area contributed by atoms with Gasteiger partial charge < -0.3 is 19.5 Å². The van der Waals surface area contributed by atoms with Crippen molar-refractivity contribution in [2.75, 3.05) is 26.7 Å². The largest absolute Gasteiger partial charge is 0.496 e. The zero-order valence-corrected chi connectivity index (χ0v) is 14.5. The molecule has 1 aromatic carbocycles. The third-order valence-corrected chi connectivity index (χ3v) is 4.55. The van der Waals surface area contributed by atoms with Crippen LogP contribution in [0.5, 0.6) is 5.75 Å². The second-order valence-corrected chi connectivity index (χ2v) is 6.18. The summed E-state index contributed by atoms with van der Waals surface area (Å²) in [6, 6.07) is 5.91. The van der Waals surface area contributed by atoms with Crippen molar-refractivity contribution in [1.82, 2.24) is 19.8 Å². The Labute approximate surface area is 142 Å². The van der Waals surface area contributed by atoms with Gasteiger partial charge in [0.25, 0.3) is 0 Å². The van der Waals surface area contributed by atoms with Crippen molar-refractivity contribution in [2.45, 2.75) is 19.4 Å². The molecule has 1 fully saturated rings. The summed E-state index contributed by atoms with van der Waals surface area (Å²) < 4.78 is 7.34. The van der Waals surface area contributed by atoms with Crippen molar-refractivity contribution < 1.29 is 9.53 Å². The Hall–Kier alpha value is -2.34. The van der Waals surface area contributed by atoms with Gasteiger partial charge in [-0.15, -0.1) is 0 Å². The fraction of sp³-hybridized carbons (Fsp3) is 0.444. The zero-order valence-electron chi connectivity index (χ0n) is 14.5. The molecule has 0 aliphatic carbocycles. The molecule has 2 aromatic rings. The normalized spacial score (nSPS) is 17.8. The molecule has 1 aliphatic rings. The second-order valence-electron chi connectivity index (χ2n) is 6.18. The maximum atomic E-state index is 12.9. The predicted molar refractivity (Wildman–Crippen MR) is 92.0 cm³/mol. The van der Waals surface area contributed by atoms with Crippen molar-refractivity contribution in [3.63, 3.8) is 0 Å². The molecule has 0 radical (unpaired) electrons. The summed E-state index contributed by atoms with van der Waals surface area (Å²) in [5.74, 6) is 1.86. The molecule has 2 heterocycles. The van der Waals surface area contributed by atoms with Crippen molar-refractivity contribution in [3.05, 3.63) is 47.5 Å². The van der Waals surface area contributed by atoms with E-state index in [1.807, 2.05) is 47.8 Å². The first-order valence-corrected chi connectivity index (χ1v) is 8.21. The van der Waals surface area contributed by atoms with Crippen molar-refractivity contribution in [1.29, 1.82) is 0 Å². The lowest BCUT2D eigenvalue weighted by molar-refractivity contribution is -0.134. The van der Waals surface area contributed by atoms with Crippen LogP contribution in [-0.2, 0) is 18.3 Å². The Bertz CT molecular complexity index is 726. The Morgan fingerprint density at radius 2 is 2.29 bits per heavy atom. The van der Waals surface area contributed by atoms with Gasteiger partial charge in [-0.1, -0.05) is 12.1 Å². The second kappa shape index (κ2) is 7.05. The van der Waals surface area contributed by atoms with Gasteiger partial charge in [-0.05, 0) is 24.1 Å². The molecule has 1 aliphatic heterocycles. The highest BCUT2D eigenvalue weighted by atomic mass is 16.5. The predicted octanol–water partition coefficient (Wildman–Crippen LogP) is 1.45. The first-order chi connectivity index (χ1) is 11.6. The first-order valence-electron chi connectivity index (χ1n) is 8.21. The van der Waals surface area contributed by atoms with Gasteiger partial charge in [-0.2, -0.15) is 0 Å². The van der Waals surface area contributed by atoms with Gasteiger partial charge in [-0.25, -0.2) is 4.98 Å². The van der Waals surface area contributed by atoms with Crippen molar-refractivity contribution in [2.24, 2.45) is 7.05 Å². The molecule has 0 spiro atoms. The number of benzene rings is 1. The van der Waals surface area contributed by atoms with Gasteiger partial charge in [0.2, 0.25) is 5.91 Å². The summed E-state index contributed by atoms with van der Waals surface area (Å²) >= 11 is 0. The lowest BCUT2D eigenvalue weighted by atomic mass is 10.1. The van der Waals surface area contributed by atoms with Crippen LogP contribution in [0.2, 0.25) is 0 Å². The zero-order chi connectivity index (χ0) is 17.1. The smallest absolute Gasteiger partial charge is 0.227 e. The number of nitrogens with one attached hydrogen (secondary N) is 1. The molecule has 1 aromatic heterocycles. The average Bonchev–Trinajstić information content (AvgIpc) is 3.02. The average molecular weight is 328 g/mol. The Morgan fingerprint density at radius 3 is 3.00 bits per heavy atom. The van der Waals surface area contributed by atoms with Gasteiger partial charge >= 0.3 is 0 Å². The lowest BCUT2D eigenvalue weighted by Crippen LogP contribution is -2.49. The van der Waals surface area contributed by atoms with E-state index in [0.29, 0.717) is 13.0 Å². The molecule has 0 bridgehead atoms. The molecular weight excluding hydrogens is 304 g/mol. The number of carbonyl (C=O) groups is 1. The van der Waals surface area contributed by atoms with E-state index < -0.39 is 0 Å². The number of hydrogen-bond donors (Lipinski definition) is 1. The minimum absolute atomic E-state index is 0.0291. The number of hydrogen-bond acceptors (Lipinski definition) is 4. The maximum absolute atomic E-state index is 12.9. The van der Waals surface area contributed by atoms with Crippen LogP contribution in [0, 0.1) is 6.92 Å². The summed E-state index contributed by atoms with van der Waals surface area (Å²) in [5.41, 5.74) is 2.04. The Kier molecular flexibility index (Phi) is 4.85. The number of nitrogens with zero attached hydrogens (tertiary/aromatic N) is 3. The van der Waals surface area contributed by atoms with Crippen LogP contribution >= 0.6 is 0 Å². The maximum Gasteiger partial charge on any atom is 0.227 e. The molecule has 1 unspecified atom stereocenters. The third-order valence-electron chi connectivity index (χ3n) is 4.55. The highest BCUT2D eigenvalue weighted by Gasteiger charge is 2.30. The third kappa shape index (κ3) is 3.28. The summed E-state index contributed by atoms with van der Waals surface area (Å²) in [6.07, 6.45) is 4.06. The van der Waals surface area contributed by atoms with E-state index in [4.69, 9.17) is 4.74 Å². The fourth-order valence-electron chi connectivity index (χ4n) is 3.18. The number of imidazole rings is 1. The highest BCUT2D eigenvalue weighted by molar-refractivity contribution is 5.79. The molecule has 1 saturated heterocycles. The number of aryl methyl sites for hydroxylation is 2. The molecule has 6 heteroatoms. The molecule has 6 nitrogen and oxygen atoms in total. The van der Waals surface area contributed by atoms with Crippen LogP contribution in [0.15, 0.2) is 30.6 Å². The van der Waals surface area contributed by atoms with E-state index in [-0.39, 0.29) is 11.9 Å². The number of rotatable bonds is 4. The van der Waals surface area contributed by atoms with E-state index in [9.17, 15) is 4.79 Å². The van der Waals surface area contributed by atoms with Gasteiger partial charge in [0.15, 0.2) is 0 Å². The topological polar surface area (TPSA) is 59.4 Å². The summed E-state index contributed by atoms with van der Waals surface area (Å²) in [5, 5.41) is 3.36. The number of piperazine rings is 1. The molecule has 24 heavy (non-hydrogen) atoms. The van der Waals surface area contributed by atoms with Crippen LogP contribution in [-0.4, -0.2) is 47.1 Å². The fourth-order valence-corrected chi connectivity index (χ4v) is 3.18. The monoisotopic (exact) mass is 328 g/mol. The number of aromatic nitrogens is 2. The number of carbonyl (C=O) groups excluding carboxylic acids is 1. The van der Waals surface area contributed by atoms with Gasteiger partial charge in [0.1, 0.15) is 17.6 Å². The summed E-state index contributed by atoms with van der Waals surface area (Å²) in [7, 11) is 3.62. The number of methoxy groups -OCH3 is 1. The lowest BCUT2D eigenvalue weighted by Gasteiger charge is -2.36. The van der Waals surface area contributed by atoms with Crippen LogP contribution in [0.25, 0.3) is 0 Å². The van der Waals surface area contributed by atoms with Crippen molar-refractivity contribution >= 4 is 5.91 Å². The first kappa shape index (κ1) is 16.5. The van der Waals surface area contributed by atoms with Crippen LogP contribution < -0.4 is 10.1 Å². The van der Waals surface area contributed by atoms with Crippen LogP contribution in [0.3, 0.4) is 0 Å². The van der Waals surface area contributed by atoms with Gasteiger partial charge in [0, 0.05) is 39.1 Å². The van der Waals surface area contributed by atoms with E-state index in [1.54, 1.807) is 13.3 Å². The molecule has 1 N–H and O–H groups in total. The molecule has 3 rings (SSSR count). The standard InChI is InChI=1S/C18H24N4O2/c1-13-4-5-14(10-16(13)24-3)11-17(23)22-9-6-19-12-15(22)18-20-7-8-21(18)2/h4-5,7-8,10,15,19H,6,9,11-12H2,1-3H3. The minimum atomic E-state index is -0.0291. The Balaban J connectivity index is 1.78. The summed E-state index contributed by atoms with van der Waals surface area (Å²) in [6.45, 7) is 4.23. The molecular formula is C18H24N4O2. The molecule has 128 valence electrons. The SMILES string of the molecule is COc1cc(CC(=O)N2CCNCC2c2nccn2C)ccc1C. The minimum Gasteiger partial charge on any atom is -0.496 e. The quantitative estimate of drug-likeness (QED) is 0.923. The van der Waals surface area contributed by atoms with Gasteiger partial charge in [-0.3, -0.25) is 4.79 Å². The van der Waals surface area contributed by atoms with Gasteiger partial charge in [0.05, 0.1) is 13.5 Å². The summed E-state index contributed by atoms with van der Waals surface area (Å²) in [4.78, 5) is 19.3. The van der Waals surface area contributed by atoms with Crippen LogP contribution in [0.1, 0.15) is 23.0 Å². The van der Waals surface area contributed by atoms with Crippen LogP contribution in [0.4, 0.5) is 0 Å². The number of ether oxygens (including phenoxy) is 1. The van der Waals surface area contributed by atoms with E-state index >= 15 is 0 Å². The molecule has 1 atom stereocenters. The molecule has 0 saturated carbocycles. The number of amides is 1. The van der Waals surface area contributed by atoms with Crippen molar-refractivity contribution in [3.8, 4) is 5.75 Å². The molecule has 1 amide bonds. The van der Waals surface area contributed by atoms with E-state index in [0.717, 1.165) is 35.8 Å².